The molecule has 0 N–H and O–H groups in total. The molecule has 20 heavy (non-hydrogen) atoms. The topological polar surface area (TPSA) is 0 Å². The fourth-order valence-electron chi connectivity index (χ4n) is 1.57. The SMILES string of the molecule is Fc1ccc(Sc2cc(C(F)(F)F)ccc2CCl)cc1. The van der Waals surface area contributed by atoms with Gasteiger partial charge in [-0.1, -0.05) is 17.8 Å². The quantitative estimate of drug-likeness (QED) is 0.513. The Morgan fingerprint density at radius 3 is 2.20 bits per heavy atom. The maximum atomic E-state index is 12.8. The van der Waals surface area contributed by atoms with Crippen LogP contribution >= 0.6 is 23.4 Å². The number of hydrogen-bond donors (Lipinski definition) is 0. The monoisotopic (exact) mass is 320 g/mol. The van der Waals surface area contributed by atoms with Gasteiger partial charge in [0.05, 0.1) is 5.56 Å². The Kier molecular flexibility index (Phi) is 4.60. The number of benzene rings is 2. The van der Waals surface area contributed by atoms with Gasteiger partial charge in [-0.2, -0.15) is 13.2 Å². The summed E-state index contributed by atoms with van der Waals surface area (Å²) in [5.41, 5.74) is -0.120. The molecule has 0 saturated carbocycles. The second-order valence-electron chi connectivity index (χ2n) is 4.01. The molecule has 0 spiro atoms. The zero-order valence-electron chi connectivity index (χ0n) is 10.0. The first-order valence-corrected chi connectivity index (χ1v) is 6.95. The number of halogens is 5. The summed E-state index contributed by atoms with van der Waals surface area (Å²) in [7, 11) is 0. The summed E-state index contributed by atoms with van der Waals surface area (Å²) in [6, 6.07) is 8.98. The van der Waals surface area contributed by atoms with E-state index in [-0.39, 0.29) is 5.88 Å². The van der Waals surface area contributed by atoms with Crippen LogP contribution in [0.2, 0.25) is 0 Å². The maximum Gasteiger partial charge on any atom is 0.416 e. The van der Waals surface area contributed by atoms with E-state index in [1.54, 1.807) is 0 Å². The van der Waals surface area contributed by atoms with E-state index in [4.69, 9.17) is 11.6 Å². The van der Waals surface area contributed by atoms with Crippen LogP contribution in [-0.2, 0) is 12.1 Å². The van der Waals surface area contributed by atoms with Crippen molar-refractivity contribution in [2.45, 2.75) is 21.8 Å². The highest BCUT2D eigenvalue weighted by molar-refractivity contribution is 7.99. The van der Waals surface area contributed by atoms with Gasteiger partial charge in [-0.25, -0.2) is 4.39 Å². The maximum absolute atomic E-state index is 12.8. The molecule has 0 aromatic heterocycles. The first-order chi connectivity index (χ1) is 9.40. The van der Waals surface area contributed by atoms with Crippen molar-refractivity contribution in [3.8, 4) is 0 Å². The standard InChI is InChI=1S/C14H9ClF4S/c15-8-9-1-2-10(14(17,18)19)7-13(9)20-12-5-3-11(16)4-6-12/h1-7H,8H2. The fraction of sp³-hybridized carbons (Fsp3) is 0.143. The lowest BCUT2D eigenvalue weighted by Crippen LogP contribution is -2.05. The molecule has 2 rings (SSSR count). The second kappa shape index (κ2) is 6.06. The fourth-order valence-corrected chi connectivity index (χ4v) is 2.86. The highest BCUT2D eigenvalue weighted by Crippen LogP contribution is 2.37. The van der Waals surface area contributed by atoms with Gasteiger partial charge in [-0.15, -0.1) is 11.6 Å². The molecular formula is C14H9ClF4S. The molecule has 106 valence electrons. The van der Waals surface area contributed by atoms with Gasteiger partial charge in [0.2, 0.25) is 0 Å². The van der Waals surface area contributed by atoms with Crippen molar-refractivity contribution in [3.63, 3.8) is 0 Å². The van der Waals surface area contributed by atoms with Crippen LogP contribution in [0.15, 0.2) is 52.3 Å². The van der Waals surface area contributed by atoms with Crippen molar-refractivity contribution in [2.75, 3.05) is 0 Å². The lowest BCUT2D eigenvalue weighted by molar-refractivity contribution is -0.137. The van der Waals surface area contributed by atoms with Gasteiger partial charge in [-0.3, -0.25) is 0 Å². The minimum absolute atomic E-state index is 0.113. The molecule has 0 aliphatic rings. The molecule has 2 aromatic carbocycles. The second-order valence-corrected chi connectivity index (χ2v) is 5.39. The Morgan fingerprint density at radius 2 is 1.65 bits per heavy atom. The third-order valence-electron chi connectivity index (χ3n) is 2.58. The molecule has 0 aliphatic heterocycles. The van der Waals surface area contributed by atoms with Crippen molar-refractivity contribution in [2.24, 2.45) is 0 Å². The molecule has 0 unspecified atom stereocenters. The van der Waals surface area contributed by atoms with E-state index < -0.39 is 17.6 Å². The smallest absolute Gasteiger partial charge is 0.207 e. The van der Waals surface area contributed by atoms with Crippen LogP contribution < -0.4 is 0 Å². The minimum Gasteiger partial charge on any atom is -0.207 e. The van der Waals surface area contributed by atoms with Crippen LogP contribution in [0.1, 0.15) is 11.1 Å². The van der Waals surface area contributed by atoms with E-state index in [0.717, 1.165) is 23.9 Å². The van der Waals surface area contributed by atoms with Crippen LogP contribution in [0, 0.1) is 5.82 Å². The van der Waals surface area contributed by atoms with Gasteiger partial charge in [0, 0.05) is 15.7 Å². The lowest BCUT2D eigenvalue weighted by atomic mass is 10.1. The van der Waals surface area contributed by atoms with Gasteiger partial charge in [0.25, 0.3) is 0 Å². The predicted octanol–water partition coefficient (Wildman–Crippen LogP) is 5.73. The van der Waals surface area contributed by atoms with Crippen LogP contribution in [-0.4, -0.2) is 0 Å². The summed E-state index contributed by atoms with van der Waals surface area (Å²) in [6.45, 7) is 0. The minimum atomic E-state index is -4.40. The average molecular weight is 321 g/mol. The van der Waals surface area contributed by atoms with E-state index in [9.17, 15) is 17.6 Å². The zero-order chi connectivity index (χ0) is 14.8. The number of hydrogen-bond acceptors (Lipinski definition) is 1. The lowest BCUT2D eigenvalue weighted by Gasteiger charge is -2.12. The molecule has 0 aliphatic carbocycles. The van der Waals surface area contributed by atoms with Gasteiger partial charge < -0.3 is 0 Å². The molecule has 0 atom stereocenters. The van der Waals surface area contributed by atoms with E-state index in [1.807, 2.05) is 0 Å². The van der Waals surface area contributed by atoms with Crippen LogP contribution in [0.5, 0.6) is 0 Å². The largest absolute Gasteiger partial charge is 0.416 e. The molecule has 6 heteroatoms. The van der Waals surface area contributed by atoms with Gasteiger partial charge in [0.1, 0.15) is 5.82 Å². The predicted molar refractivity (Wildman–Crippen MR) is 71.5 cm³/mol. The number of alkyl halides is 4. The van der Waals surface area contributed by atoms with Crippen molar-refractivity contribution < 1.29 is 17.6 Å². The molecule has 2 aromatic rings. The van der Waals surface area contributed by atoms with Crippen molar-refractivity contribution in [1.82, 2.24) is 0 Å². The van der Waals surface area contributed by atoms with Gasteiger partial charge in [0.15, 0.2) is 0 Å². The summed E-state index contributed by atoms with van der Waals surface area (Å²) in [4.78, 5) is 1.07. The van der Waals surface area contributed by atoms with Crippen LogP contribution in [0.3, 0.4) is 0 Å². The Morgan fingerprint density at radius 1 is 1.00 bits per heavy atom. The average Bonchev–Trinajstić information content (AvgIpc) is 2.40. The Bertz CT molecular complexity index is 593. The zero-order valence-corrected chi connectivity index (χ0v) is 11.6. The molecule has 0 heterocycles. The van der Waals surface area contributed by atoms with Crippen molar-refractivity contribution in [1.29, 1.82) is 0 Å². The molecule has 0 amide bonds. The number of rotatable bonds is 3. The summed E-state index contributed by atoms with van der Waals surface area (Å²) >= 11 is 6.86. The third-order valence-corrected chi connectivity index (χ3v) is 3.98. The van der Waals surface area contributed by atoms with E-state index in [1.165, 1.54) is 30.3 Å². The molecule has 0 saturated heterocycles. The molecular weight excluding hydrogens is 312 g/mol. The summed E-state index contributed by atoms with van der Waals surface area (Å²) < 4.78 is 50.9. The summed E-state index contributed by atoms with van der Waals surface area (Å²) in [5.74, 6) is -0.280. The van der Waals surface area contributed by atoms with E-state index in [2.05, 4.69) is 0 Å². The molecule has 0 bridgehead atoms. The van der Waals surface area contributed by atoms with Gasteiger partial charge >= 0.3 is 6.18 Å². The summed E-state index contributed by atoms with van der Waals surface area (Å²) in [6.07, 6.45) is -4.40. The van der Waals surface area contributed by atoms with Crippen LogP contribution in [0.25, 0.3) is 0 Å². The van der Waals surface area contributed by atoms with E-state index in [0.29, 0.717) is 15.4 Å². The Labute approximate surface area is 122 Å². The van der Waals surface area contributed by atoms with E-state index >= 15 is 0 Å². The normalized spacial score (nSPS) is 11.7. The highest BCUT2D eigenvalue weighted by atomic mass is 35.5. The highest BCUT2D eigenvalue weighted by Gasteiger charge is 2.31. The Balaban J connectivity index is 2.35. The Hall–Kier alpha value is -1.20. The first-order valence-electron chi connectivity index (χ1n) is 5.59. The third kappa shape index (κ3) is 3.67. The van der Waals surface area contributed by atoms with Gasteiger partial charge in [-0.05, 0) is 42.0 Å². The molecule has 0 fully saturated rings. The van der Waals surface area contributed by atoms with Crippen LogP contribution in [0.4, 0.5) is 17.6 Å². The molecule has 0 radical (unpaired) electrons. The first kappa shape index (κ1) is 15.2. The van der Waals surface area contributed by atoms with Crippen molar-refractivity contribution in [3.05, 3.63) is 59.4 Å². The van der Waals surface area contributed by atoms with Crippen molar-refractivity contribution >= 4 is 23.4 Å². The molecule has 0 nitrogen and oxygen atoms in total. The summed E-state index contributed by atoms with van der Waals surface area (Å²) in [5, 5.41) is 0.